The van der Waals surface area contributed by atoms with Crippen molar-refractivity contribution in [2.24, 2.45) is 9.98 Å². The molecule has 12 rings (SSSR count). The lowest BCUT2D eigenvalue weighted by atomic mass is 9.91. The van der Waals surface area contributed by atoms with E-state index in [4.69, 9.17) is 18.8 Å². The van der Waals surface area contributed by atoms with Gasteiger partial charge in [0.2, 0.25) is 0 Å². The van der Waals surface area contributed by atoms with Crippen LogP contribution in [-0.4, -0.2) is 17.7 Å². The Hall–Kier alpha value is -7.44. The van der Waals surface area contributed by atoms with Gasteiger partial charge in [0, 0.05) is 50.0 Å². The number of nitrogens with one attached hydrogen (secondary N) is 1. The number of aliphatic imine (C=N–C) groups is 2. The molecule has 0 bridgehead atoms. The van der Waals surface area contributed by atoms with E-state index in [1.165, 1.54) is 11.3 Å². The Morgan fingerprint density at radius 2 is 1.21 bits per heavy atom. The molecule has 6 heteroatoms. The summed E-state index contributed by atoms with van der Waals surface area (Å²) in [4.78, 5) is 12.6. The van der Waals surface area contributed by atoms with Crippen molar-refractivity contribution < 1.29 is 8.83 Å². The number of nitrogens with zero attached hydrogens (tertiary/aromatic N) is 3. The zero-order valence-corrected chi connectivity index (χ0v) is 30.7. The summed E-state index contributed by atoms with van der Waals surface area (Å²) in [6.45, 7) is 0. The van der Waals surface area contributed by atoms with Crippen molar-refractivity contribution in [1.29, 1.82) is 0 Å². The predicted octanol–water partition coefficient (Wildman–Crippen LogP) is 12.4. The molecule has 2 aromatic heterocycles. The predicted molar refractivity (Wildman–Crippen MR) is 232 cm³/mol. The highest BCUT2D eigenvalue weighted by Crippen LogP contribution is 2.49. The summed E-state index contributed by atoms with van der Waals surface area (Å²) in [5, 5.41) is 7.88. The van der Waals surface area contributed by atoms with Crippen molar-refractivity contribution in [2.45, 2.75) is 18.1 Å². The number of amidine groups is 2. The number of hydrogen-bond acceptors (Lipinski definition) is 6. The van der Waals surface area contributed by atoms with E-state index in [1.807, 2.05) is 36.4 Å². The van der Waals surface area contributed by atoms with Gasteiger partial charge in [-0.05, 0) is 76.9 Å². The molecule has 0 spiro atoms. The van der Waals surface area contributed by atoms with E-state index < -0.39 is 0 Å². The van der Waals surface area contributed by atoms with Crippen LogP contribution in [-0.2, 0) is 0 Å². The van der Waals surface area contributed by atoms with Crippen molar-refractivity contribution >= 4 is 66.9 Å². The molecule has 9 aromatic rings. The van der Waals surface area contributed by atoms with Crippen LogP contribution in [0.4, 0.5) is 11.4 Å². The first-order valence-corrected chi connectivity index (χ1v) is 19.4. The number of furan rings is 2. The fourth-order valence-electron chi connectivity index (χ4n) is 9.10. The number of anilines is 2. The number of fused-ring (bicyclic) bond motifs is 9. The Bertz CT molecular complexity index is 3190. The SMILES string of the molecule is C1=CC2c3ccccc3N(c3ccc4oc5cccc(-c6cccc7oc8ccc(C9=NC(c%10ccccc%10)=NC(c%10ccccc%10)N9)cc8c67)c5c4c3)C2C=C1. The van der Waals surface area contributed by atoms with Crippen LogP contribution >= 0.6 is 0 Å². The average molecular weight is 735 g/mol. The van der Waals surface area contributed by atoms with Gasteiger partial charge in [0.25, 0.3) is 0 Å². The lowest BCUT2D eigenvalue weighted by Crippen LogP contribution is -2.33. The van der Waals surface area contributed by atoms with Crippen molar-refractivity contribution in [3.8, 4) is 11.1 Å². The lowest BCUT2D eigenvalue weighted by molar-refractivity contribution is 0.668. The van der Waals surface area contributed by atoms with Gasteiger partial charge in [0.1, 0.15) is 34.3 Å². The minimum absolute atomic E-state index is 0.212. The van der Waals surface area contributed by atoms with Crippen LogP contribution in [0.1, 0.15) is 34.3 Å². The molecule has 2 aliphatic heterocycles. The molecule has 3 aliphatic rings. The second kappa shape index (κ2) is 12.5. The second-order valence-electron chi connectivity index (χ2n) is 14.9. The summed E-state index contributed by atoms with van der Waals surface area (Å²) < 4.78 is 13.1. The first-order chi connectivity index (χ1) is 28.2. The Kier molecular flexibility index (Phi) is 7.01. The molecule has 1 aliphatic carbocycles. The van der Waals surface area contributed by atoms with Crippen LogP contribution in [0, 0.1) is 0 Å². The van der Waals surface area contributed by atoms with E-state index >= 15 is 0 Å². The van der Waals surface area contributed by atoms with Crippen LogP contribution in [0.2, 0.25) is 0 Å². The maximum Gasteiger partial charge on any atom is 0.159 e. The molecular weight excluding hydrogens is 701 g/mol. The Morgan fingerprint density at radius 3 is 1.98 bits per heavy atom. The van der Waals surface area contributed by atoms with Crippen LogP contribution in [0.25, 0.3) is 55.0 Å². The number of hydrogen-bond donors (Lipinski definition) is 1. The molecule has 0 saturated carbocycles. The van der Waals surface area contributed by atoms with Gasteiger partial charge in [-0.3, -0.25) is 0 Å². The minimum atomic E-state index is -0.288. The summed E-state index contributed by atoms with van der Waals surface area (Å²) >= 11 is 0. The van der Waals surface area contributed by atoms with Crippen molar-refractivity contribution in [2.75, 3.05) is 4.90 Å². The van der Waals surface area contributed by atoms with Gasteiger partial charge in [0.05, 0.1) is 6.04 Å². The Labute approximate surface area is 328 Å². The summed E-state index contributed by atoms with van der Waals surface area (Å²) in [5.41, 5.74) is 12.3. The molecule has 3 atom stereocenters. The largest absolute Gasteiger partial charge is 0.456 e. The highest BCUT2D eigenvalue weighted by Gasteiger charge is 2.37. The molecule has 0 amide bonds. The fraction of sp³-hybridized carbons (Fsp3) is 0.0588. The topological polar surface area (TPSA) is 66.3 Å². The molecule has 0 fully saturated rings. The fourth-order valence-corrected chi connectivity index (χ4v) is 9.10. The third-order valence-electron chi connectivity index (χ3n) is 11.7. The zero-order chi connectivity index (χ0) is 37.5. The quantitative estimate of drug-likeness (QED) is 0.191. The standard InChI is InChI=1S/C51H34N4O2/c1-3-13-31(14-4-1)49-52-50(32-15-5-2-6-16-32)54-51(53-49)33-25-27-43-39(29-33)47-37(19-11-23-45(47)56-43)38-20-12-24-46-48(38)40-30-34(26-28-44(40)57-46)55-41-21-9-7-17-35(41)36-18-8-10-22-42(36)55/h1-30,35,41,49H,(H,52,53,54). The molecule has 4 heterocycles. The number of benzene rings is 7. The zero-order valence-electron chi connectivity index (χ0n) is 30.7. The van der Waals surface area contributed by atoms with E-state index in [-0.39, 0.29) is 12.2 Å². The third-order valence-corrected chi connectivity index (χ3v) is 11.7. The molecular formula is C51H34N4O2. The summed E-state index contributed by atoms with van der Waals surface area (Å²) in [5.74, 6) is 1.76. The lowest BCUT2D eigenvalue weighted by Gasteiger charge is -2.28. The first-order valence-electron chi connectivity index (χ1n) is 19.4. The molecule has 0 radical (unpaired) electrons. The molecule has 6 nitrogen and oxygen atoms in total. The Morgan fingerprint density at radius 1 is 0.544 bits per heavy atom. The van der Waals surface area contributed by atoms with Gasteiger partial charge >= 0.3 is 0 Å². The van der Waals surface area contributed by atoms with E-state index in [9.17, 15) is 0 Å². The molecule has 3 unspecified atom stereocenters. The average Bonchev–Trinajstić information content (AvgIpc) is 3.96. The third kappa shape index (κ3) is 5.04. The number of allylic oxidation sites excluding steroid dienone is 2. The Balaban J connectivity index is 1.01. The summed E-state index contributed by atoms with van der Waals surface area (Å²) in [7, 11) is 0. The highest BCUT2D eigenvalue weighted by molar-refractivity contribution is 6.21. The van der Waals surface area contributed by atoms with Crippen LogP contribution in [0.5, 0.6) is 0 Å². The van der Waals surface area contributed by atoms with Gasteiger partial charge in [-0.15, -0.1) is 0 Å². The van der Waals surface area contributed by atoms with Gasteiger partial charge < -0.3 is 19.1 Å². The van der Waals surface area contributed by atoms with Gasteiger partial charge in [-0.25, -0.2) is 9.98 Å². The van der Waals surface area contributed by atoms with Gasteiger partial charge in [0.15, 0.2) is 5.84 Å². The highest BCUT2D eigenvalue weighted by atomic mass is 16.3. The first kappa shape index (κ1) is 31.9. The number of rotatable bonds is 5. The van der Waals surface area contributed by atoms with Gasteiger partial charge in [-0.2, -0.15) is 0 Å². The van der Waals surface area contributed by atoms with Crippen LogP contribution in [0.15, 0.2) is 201 Å². The second-order valence-corrected chi connectivity index (χ2v) is 14.9. The van der Waals surface area contributed by atoms with Crippen molar-refractivity contribution in [1.82, 2.24) is 5.32 Å². The molecule has 270 valence electrons. The normalized spacial score (nSPS) is 18.5. The summed E-state index contributed by atoms with van der Waals surface area (Å²) in [6.07, 6.45) is 8.69. The molecule has 0 saturated heterocycles. The van der Waals surface area contributed by atoms with Crippen molar-refractivity contribution in [3.63, 3.8) is 0 Å². The molecule has 57 heavy (non-hydrogen) atoms. The van der Waals surface area contributed by atoms with E-state index in [2.05, 4.69) is 156 Å². The van der Waals surface area contributed by atoms with Crippen molar-refractivity contribution in [3.05, 3.63) is 204 Å². The molecule has 7 aromatic carbocycles. The van der Waals surface area contributed by atoms with E-state index in [0.717, 1.165) is 83.2 Å². The number of para-hydroxylation sites is 1. The van der Waals surface area contributed by atoms with E-state index in [1.54, 1.807) is 0 Å². The maximum atomic E-state index is 6.58. The minimum Gasteiger partial charge on any atom is -0.456 e. The van der Waals surface area contributed by atoms with E-state index in [0.29, 0.717) is 11.8 Å². The van der Waals surface area contributed by atoms with Gasteiger partial charge in [-0.1, -0.05) is 127 Å². The van der Waals surface area contributed by atoms with Crippen LogP contribution < -0.4 is 10.2 Å². The van der Waals surface area contributed by atoms with Crippen LogP contribution in [0.3, 0.4) is 0 Å². The maximum absolute atomic E-state index is 6.58. The summed E-state index contributed by atoms with van der Waals surface area (Å²) in [6, 6.07) is 55.1. The monoisotopic (exact) mass is 734 g/mol. The molecule has 1 N–H and O–H groups in total. The smallest absolute Gasteiger partial charge is 0.159 e.